The Morgan fingerprint density at radius 2 is 2.11 bits per heavy atom. The average molecular weight is 280 g/mol. The van der Waals surface area contributed by atoms with Crippen molar-refractivity contribution in [3.05, 3.63) is 30.1 Å². The van der Waals surface area contributed by atoms with Crippen molar-refractivity contribution < 1.29 is 0 Å². The highest BCUT2D eigenvalue weighted by atomic mass is 35.5. The molecular weight excluding hydrogens is 258 g/mol. The van der Waals surface area contributed by atoms with E-state index in [-0.39, 0.29) is 0 Å². The molecule has 1 fully saturated rings. The van der Waals surface area contributed by atoms with Crippen LogP contribution in [-0.2, 0) is 0 Å². The Bertz CT molecular complexity index is 386. The second-order valence-electron chi connectivity index (χ2n) is 5.02. The maximum Gasteiger partial charge on any atom is 0.132 e. The van der Waals surface area contributed by atoms with Gasteiger partial charge in [0.1, 0.15) is 5.17 Å². The molecule has 104 valence electrons. The fourth-order valence-electron chi connectivity index (χ4n) is 2.38. The lowest BCUT2D eigenvalue weighted by Crippen LogP contribution is -2.30. The number of hydrogen-bond donors (Lipinski definition) is 0. The summed E-state index contributed by atoms with van der Waals surface area (Å²) in [4.78, 5) is 11.0. The van der Waals surface area contributed by atoms with Crippen LogP contribution in [0.1, 0.15) is 37.7 Å². The summed E-state index contributed by atoms with van der Waals surface area (Å²) in [5.41, 5.74) is 0.903. The minimum Gasteiger partial charge on any atom is -0.303 e. The predicted molar refractivity (Wildman–Crippen MR) is 81.0 cm³/mol. The van der Waals surface area contributed by atoms with Crippen LogP contribution in [0.2, 0.25) is 0 Å². The maximum absolute atomic E-state index is 6.13. The Morgan fingerprint density at radius 3 is 2.84 bits per heavy atom. The first-order chi connectivity index (χ1) is 9.36. The number of rotatable bonds is 6. The minimum atomic E-state index is 0.575. The van der Waals surface area contributed by atoms with E-state index in [1.54, 1.807) is 12.4 Å². The topological polar surface area (TPSA) is 28.5 Å². The van der Waals surface area contributed by atoms with Crippen LogP contribution in [0.25, 0.3) is 0 Å². The highest BCUT2D eigenvalue weighted by Gasteiger charge is 2.08. The molecule has 19 heavy (non-hydrogen) atoms. The molecule has 2 heterocycles. The maximum atomic E-state index is 6.13. The average Bonchev–Trinajstić information content (AvgIpc) is 2.49. The van der Waals surface area contributed by atoms with Gasteiger partial charge < -0.3 is 4.90 Å². The Labute approximate surface area is 120 Å². The van der Waals surface area contributed by atoms with Gasteiger partial charge in [-0.1, -0.05) is 18.0 Å². The number of aromatic nitrogens is 1. The monoisotopic (exact) mass is 279 g/mol. The van der Waals surface area contributed by atoms with Crippen molar-refractivity contribution in [2.75, 3.05) is 26.2 Å². The quantitative estimate of drug-likeness (QED) is 0.590. The molecule has 1 aromatic heterocycles. The van der Waals surface area contributed by atoms with E-state index in [1.165, 1.54) is 45.3 Å². The Morgan fingerprint density at radius 1 is 1.26 bits per heavy atom. The molecule has 1 aliphatic heterocycles. The molecule has 0 atom stereocenters. The second-order valence-corrected chi connectivity index (χ2v) is 5.38. The number of piperidine rings is 1. The summed E-state index contributed by atoms with van der Waals surface area (Å²) in [6.45, 7) is 4.57. The standard InChI is InChI=1S/C15H22ClN3/c16-15(14-7-6-8-17-13-14)18-9-2-5-12-19-10-3-1-4-11-19/h6-8,13H,1-5,9-12H2/b18-15-. The van der Waals surface area contributed by atoms with E-state index in [9.17, 15) is 0 Å². The Balaban J connectivity index is 1.63. The van der Waals surface area contributed by atoms with Gasteiger partial charge in [-0.15, -0.1) is 0 Å². The second kappa shape index (κ2) is 8.28. The van der Waals surface area contributed by atoms with Gasteiger partial charge in [-0.2, -0.15) is 0 Å². The molecule has 1 aliphatic rings. The van der Waals surface area contributed by atoms with Crippen molar-refractivity contribution in [3.8, 4) is 0 Å². The lowest BCUT2D eigenvalue weighted by atomic mass is 10.1. The van der Waals surface area contributed by atoms with Crippen LogP contribution in [0.4, 0.5) is 0 Å². The van der Waals surface area contributed by atoms with Crippen LogP contribution in [0.3, 0.4) is 0 Å². The predicted octanol–water partition coefficient (Wildman–Crippen LogP) is 3.33. The van der Waals surface area contributed by atoms with Gasteiger partial charge in [0.25, 0.3) is 0 Å². The number of hydrogen-bond acceptors (Lipinski definition) is 3. The summed E-state index contributed by atoms with van der Waals surface area (Å²) in [6, 6.07) is 3.82. The molecule has 0 N–H and O–H groups in total. The zero-order valence-electron chi connectivity index (χ0n) is 11.4. The van der Waals surface area contributed by atoms with Crippen molar-refractivity contribution in [1.29, 1.82) is 0 Å². The van der Waals surface area contributed by atoms with Gasteiger partial charge in [-0.3, -0.25) is 9.98 Å². The first-order valence-corrected chi connectivity index (χ1v) is 7.57. The molecule has 3 nitrogen and oxygen atoms in total. The molecule has 0 aliphatic carbocycles. The van der Waals surface area contributed by atoms with E-state index in [1.807, 2.05) is 12.1 Å². The summed E-state index contributed by atoms with van der Waals surface area (Å²) < 4.78 is 0. The molecular formula is C15H22ClN3. The largest absolute Gasteiger partial charge is 0.303 e. The summed E-state index contributed by atoms with van der Waals surface area (Å²) in [7, 11) is 0. The first-order valence-electron chi connectivity index (χ1n) is 7.19. The van der Waals surface area contributed by atoms with E-state index in [0.717, 1.165) is 18.5 Å². The van der Waals surface area contributed by atoms with E-state index in [0.29, 0.717) is 5.17 Å². The molecule has 1 saturated heterocycles. The number of pyridine rings is 1. The van der Waals surface area contributed by atoms with E-state index in [2.05, 4.69) is 14.9 Å². The summed E-state index contributed by atoms with van der Waals surface area (Å²) in [5.74, 6) is 0. The molecule has 2 rings (SSSR count). The minimum absolute atomic E-state index is 0.575. The lowest BCUT2D eigenvalue weighted by molar-refractivity contribution is 0.225. The number of nitrogens with zero attached hydrogens (tertiary/aromatic N) is 3. The molecule has 0 saturated carbocycles. The van der Waals surface area contributed by atoms with Gasteiger partial charge in [0.2, 0.25) is 0 Å². The lowest BCUT2D eigenvalue weighted by Gasteiger charge is -2.26. The Hall–Kier alpha value is -0.930. The molecule has 1 aromatic rings. The SMILES string of the molecule is Cl/C(=N\CCCCN1CCCCC1)c1cccnc1. The third-order valence-electron chi connectivity index (χ3n) is 3.48. The van der Waals surface area contributed by atoms with Crippen molar-refractivity contribution in [2.45, 2.75) is 32.1 Å². The summed E-state index contributed by atoms with van der Waals surface area (Å²) >= 11 is 6.13. The van der Waals surface area contributed by atoms with Crippen LogP contribution in [0, 0.1) is 0 Å². The normalized spacial score (nSPS) is 17.6. The summed E-state index contributed by atoms with van der Waals surface area (Å²) in [5, 5.41) is 0.575. The smallest absolute Gasteiger partial charge is 0.132 e. The van der Waals surface area contributed by atoms with Crippen LogP contribution >= 0.6 is 11.6 Å². The molecule has 0 bridgehead atoms. The van der Waals surface area contributed by atoms with E-state index < -0.39 is 0 Å². The zero-order chi connectivity index (χ0) is 13.3. The highest BCUT2D eigenvalue weighted by Crippen LogP contribution is 2.09. The zero-order valence-corrected chi connectivity index (χ0v) is 12.1. The van der Waals surface area contributed by atoms with E-state index in [4.69, 9.17) is 11.6 Å². The van der Waals surface area contributed by atoms with Gasteiger partial charge >= 0.3 is 0 Å². The van der Waals surface area contributed by atoms with Crippen molar-refractivity contribution in [3.63, 3.8) is 0 Å². The number of unbranched alkanes of at least 4 members (excludes halogenated alkanes) is 1. The van der Waals surface area contributed by atoms with Gasteiger partial charge in [-0.05, 0) is 57.5 Å². The van der Waals surface area contributed by atoms with Gasteiger partial charge in [0, 0.05) is 24.5 Å². The number of halogens is 1. The van der Waals surface area contributed by atoms with Crippen LogP contribution in [0.15, 0.2) is 29.5 Å². The van der Waals surface area contributed by atoms with Gasteiger partial charge in [0.05, 0.1) is 0 Å². The molecule has 0 spiro atoms. The third-order valence-corrected chi connectivity index (χ3v) is 3.82. The fraction of sp³-hybridized carbons (Fsp3) is 0.600. The van der Waals surface area contributed by atoms with Crippen LogP contribution in [0.5, 0.6) is 0 Å². The first kappa shape index (κ1) is 14.5. The molecule has 0 unspecified atom stereocenters. The van der Waals surface area contributed by atoms with Crippen molar-refractivity contribution >= 4 is 16.8 Å². The highest BCUT2D eigenvalue weighted by molar-refractivity contribution is 6.69. The molecule has 0 radical (unpaired) electrons. The number of aliphatic imine (C=N–C) groups is 1. The van der Waals surface area contributed by atoms with Crippen LogP contribution in [-0.4, -0.2) is 41.2 Å². The fourth-order valence-corrected chi connectivity index (χ4v) is 2.58. The molecule has 4 heteroatoms. The van der Waals surface area contributed by atoms with Gasteiger partial charge in [-0.25, -0.2) is 0 Å². The van der Waals surface area contributed by atoms with Gasteiger partial charge in [0.15, 0.2) is 0 Å². The summed E-state index contributed by atoms with van der Waals surface area (Å²) in [6.07, 6.45) is 9.94. The van der Waals surface area contributed by atoms with Crippen molar-refractivity contribution in [1.82, 2.24) is 9.88 Å². The van der Waals surface area contributed by atoms with Crippen LogP contribution < -0.4 is 0 Å². The molecule has 0 aromatic carbocycles. The Kier molecular flexibility index (Phi) is 6.31. The van der Waals surface area contributed by atoms with Crippen molar-refractivity contribution in [2.24, 2.45) is 4.99 Å². The van der Waals surface area contributed by atoms with E-state index >= 15 is 0 Å². The molecule has 0 amide bonds. The number of likely N-dealkylation sites (tertiary alicyclic amines) is 1. The third kappa shape index (κ3) is 5.29.